The molecule has 0 heterocycles. The van der Waals surface area contributed by atoms with Crippen LogP contribution in [0, 0.1) is 0 Å². The van der Waals surface area contributed by atoms with Crippen LogP contribution in [0.2, 0.25) is 0 Å². The maximum atomic E-state index is 10.8. The van der Waals surface area contributed by atoms with Gasteiger partial charge in [-0.15, -0.1) is 0 Å². The van der Waals surface area contributed by atoms with E-state index >= 15 is 0 Å². The third kappa shape index (κ3) is 22.0. The summed E-state index contributed by atoms with van der Waals surface area (Å²) < 4.78 is 32.3. The second-order valence-corrected chi connectivity index (χ2v) is 9.71. The third-order valence-electron chi connectivity index (χ3n) is 5.28. The standard InChI is InChI=1S/C21H44O4S.K/c1-3-4-18-21(22)19-16-14-12-10-8-6-5-7-9-11-13-15-17-20(2)26(23,24)25;/h20-22H,3-19H2,1-2H3,(H,23,24,25);/q;+1/p-1. The van der Waals surface area contributed by atoms with Gasteiger partial charge in [0.2, 0.25) is 0 Å². The second-order valence-electron chi connectivity index (χ2n) is 7.92. The Hall–Kier alpha value is 1.51. The maximum Gasteiger partial charge on any atom is 1.00 e. The summed E-state index contributed by atoms with van der Waals surface area (Å²) in [4.78, 5) is 0. The van der Waals surface area contributed by atoms with Crippen molar-refractivity contribution in [3.05, 3.63) is 0 Å². The van der Waals surface area contributed by atoms with Crippen molar-refractivity contribution in [3.63, 3.8) is 0 Å². The van der Waals surface area contributed by atoms with Crippen molar-refractivity contribution in [2.24, 2.45) is 0 Å². The smallest absolute Gasteiger partial charge is 0.748 e. The Morgan fingerprint density at radius 1 is 0.704 bits per heavy atom. The first kappa shape index (κ1) is 30.7. The van der Waals surface area contributed by atoms with Gasteiger partial charge in [0.05, 0.1) is 16.2 Å². The van der Waals surface area contributed by atoms with Crippen LogP contribution in [0.5, 0.6) is 0 Å². The van der Waals surface area contributed by atoms with Crippen molar-refractivity contribution in [1.29, 1.82) is 0 Å². The van der Waals surface area contributed by atoms with E-state index in [1.165, 1.54) is 64.7 Å². The van der Waals surface area contributed by atoms with Crippen molar-refractivity contribution in [3.8, 4) is 0 Å². The van der Waals surface area contributed by atoms with Crippen LogP contribution in [0.4, 0.5) is 0 Å². The molecular weight excluding hydrogens is 387 g/mol. The molecule has 2 atom stereocenters. The quantitative estimate of drug-likeness (QED) is 0.194. The van der Waals surface area contributed by atoms with E-state index in [1.807, 2.05) is 0 Å². The molecule has 1 N–H and O–H groups in total. The molecule has 0 aromatic carbocycles. The molecule has 0 spiro atoms. The van der Waals surface area contributed by atoms with E-state index in [2.05, 4.69) is 6.92 Å². The molecule has 158 valence electrons. The van der Waals surface area contributed by atoms with Gasteiger partial charge in [0.25, 0.3) is 0 Å². The van der Waals surface area contributed by atoms with Gasteiger partial charge in [-0.3, -0.25) is 0 Å². The van der Waals surface area contributed by atoms with Gasteiger partial charge in [0.1, 0.15) is 0 Å². The maximum absolute atomic E-state index is 10.8. The van der Waals surface area contributed by atoms with E-state index in [0.29, 0.717) is 6.42 Å². The topological polar surface area (TPSA) is 77.4 Å². The van der Waals surface area contributed by atoms with Crippen LogP contribution in [0.15, 0.2) is 0 Å². The number of rotatable bonds is 19. The Morgan fingerprint density at radius 2 is 1.04 bits per heavy atom. The average molecular weight is 431 g/mol. The fourth-order valence-electron chi connectivity index (χ4n) is 3.31. The largest absolute Gasteiger partial charge is 1.00 e. The first-order chi connectivity index (χ1) is 12.4. The number of hydrogen-bond acceptors (Lipinski definition) is 4. The zero-order chi connectivity index (χ0) is 19.7. The molecule has 0 aromatic rings. The van der Waals surface area contributed by atoms with E-state index in [4.69, 9.17) is 0 Å². The Kier molecular flexibility index (Phi) is 23.6. The summed E-state index contributed by atoms with van der Waals surface area (Å²) >= 11 is 0. The van der Waals surface area contributed by atoms with Crippen LogP contribution >= 0.6 is 0 Å². The summed E-state index contributed by atoms with van der Waals surface area (Å²) in [6.45, 7) is 3.68. The molecule has 2 unspecified atom stereocenters. The fourth-order valence-corrected chi connectivity index (χ4v) is 3.76. The Labute approximate surface area is 211 Å². The molecule has 0 aromatic heterocycles. The number of aliphatic hydroxyl groups excluding tert-OH is 1. The van der Waals surface area contributed by atoms with E-state index in [9.17, 15) is 18.1 Å². The number of unbranched alkanes of at least 4 members (excludes halogenated alkanes) is 12. The number of hydrogen-bond donors (Lipinski definition) is 1. The van der Waals surface area contributed by atoms with Gasteiger partial charge in [0.15, 0.2) is 0 Å². The monoisotopic (exact) mass is 430 g/mol. The number of aliphatic hydroxyl groups is 1. The van der Waals surface area contributed by atoms with Gasteiger partial charge in [-0.25, -0.2) is 8.42 Å². The van der Waals surface area contributed by atoms with Crippen molar-refractivity contribution in [2.45, 2.75) is 134 Å². The molecule has 0 radical (unpaired) electrons. The molecule has 0 aliphatic carbocycles. The Morgan fingerprint density at radius 3 is 1.41 bits per heavy atom. The molecule has 0 aliphatic rings. The molecule has 27 heavy (non-hydrogen) atoms. The third-order valence-corrected chi connectivity index (χ3v) is 6.50. The first-order valence-corrected chi connectivity index (χ1v) is 12.5. The fraction of sp³-hybridized carbons (Fsp3) is 1.00. The first-order valence-electron chi connectivity index (χ1n) is 11.0. The Bertz CT molecular complexity index is 401. The van der Waals surface area contributed by atoms with E-state index in [1.54, 1.807) is 0 Å². The van der Waals surface area contributed by atoms with Gasteiger partial charge < -0.3 is 9.66 Å². The molecule has 0 aliphatic heterocycles. The molecule has 0 fully saturated rings. The second kappa shape index (κ2) is 20.8. The zero-order valence-corrected chi connectivity index (χ0v) is 22.2. The minimum absolute atomic E-state index is 0. The van der Waals surface area contributed by atoms with Crippen LogP contribution in [-0.2, 0) is 10.1 Å². The summed E-state index contributed by atoms with van der Waals surface area (Å²) in [5.41, 5.74) is 0. The van der Waals surface area contributed by atoms with E-state index < -0.39 is 15.4 Å². The minimum Gasteiger partial charge on any atom is -0.748 e. The van der Waals surface area contributed by atoms with Gasteiger partial charge in [-0.1, -0.05) is 96.8 Å². The van der Waals surface area contributed by atoms with Crippen LogP contribution in [0.3, 0.4) is 0 Å². The molecule has 0 rings (SSSR count). The molecule has 6 heteroatoms. The predicted molar refractivity (Wildman–Crippen MR) is 109 cm³/mol. The SMILES string of the molecule is CCCCC(O)CCCCCCCCCCCCCCC(C)S(=O)(=O)[O-].[K+]. The molecular formula is C21H43KO4S. The molecule has 4 nitrogen and oxygen atoms in total. The minimum atomic E-state index is -4.09. The molecule has 0 saturated heterocycles. The normalized spacial score (nSPS) is 13.9. The predicted octanol–water partition coefficient (Wildman–Crippen LogP) is 2.94. The summed E-state index contributed by atoms with van der Waals surface area (Å²) in [7, 11) is -4.09. The van der Waals surface area contributed by atoms with Crippen LogP contribution in [-0.4, -0.2) is 29.4 Å². The van der Waals surface area contributed by atoms with Gasteiger partial charge >= 0.3 is 51.4 Å². The van der Waals surface area contributed by atoms with Crippen molar-refractivity contribution in [1.82, 2.24) is 0 Å². The van der Waals surface area contributed by atoms with Crippen LogP contribution in [0.25, 0.3) is 0 Å². The van der Waals surface area contributed by atoms with E-state index in [-0.39, 0.29) is 57.5 Å². The van der Waals surface area contributed by atoms with Gasteiger partial charge in [-0.2, -0.15) is 0 Å². The van der Waals surface area contributed by atoms with Gasteiger partial charge in [-0.05, 0) is 26.2 Å². The van der Waals surface area contributed by atoms with Crippen LogP contribution < -0.4 is 51.4 Å². The summed E-state index contributed by atoms with van der Waals surface area (Å²) in [6, 6.07) is 0. The van der Waals surface area contributed by atoms with Crippen molar-refractivity contribution >= 4 is 10.1 Å². The summed E-state index contributed by atoms with van der Waals surface area (Å²) in [6.07, 6.45) is 19.1. The molecule has 0 amide bonds. The van der Waals surface area contributed by atoms with Gasteiger partial charge in [0, 0.05) is 5.25 Å². The average Bonchev–Trinajstić information content (AvgIpc) is 2.59. The van der Waals surface area contributed by atoms with Crippen molar-refractivity contribution < 1.29 is 69.5 Å². The molecule has 0 bridgehead atoms. The zero-order valence-electron chi connectivity index (χ0n) is 18.3. The summed E-state index contributed by atoms with van der Waals surface area (Å²) in [5, 5.41) is 9.05. The summed E-state index contributed by atoms with van der Waals surface area (Å²) in [5.74, 6) is 0. The van der Waals surface area contributed by atoms with Crippen LogP contribution in [0.1, 0.15) is 123 Å². The molecule has 0 saturated carbocycles. The Balaban J connectivity index is 0. The van der Waals surface area contributed by atoms with E-state index in [0.717, 1.165) is 44.9 Å². The van der Waals surface area contributed by atoms with Crippen molar-refractivity contribution in [2.75, 3.05) is 0 Å².